The Morgan fingerprint density at radius 1 is 1.05 bits per heavy atom. The molecule has 7 nitrogen and oxygen atoms in total. The van der Waals surface area contributed by atoms with Gasteiger partial charge in [-0.2, -0.15) is 0 Å². The molecule has 3 heterocycles. The molecule has 2 N–H and O–H groups in total. The lowest BCUT2D eigenvalue weighted by molar-refractivity contribution is -0.115. The summed E-state index contributed by atoms with van der Waals surface area (Å²) in [4.78, 5) is 18.9. The van der Waals surface area contributed by atoms with Gasteiger partial charge in [-0.05, 0) is 92.6 Å². The number of hydrogen-bond acceptors (Lipinski definition) is 4. The van der Waals surface area contributed by atoms with Crippen LogP contribution in [0.5, 0.6) is 5.75 Å². The number of nitrogens with zero attached hydrogens (tertiary/aromatic N) is 3. The van der Waals surface area contributed by atoms with E-state index in [2.05, 4.69) is 52.1 Å². The summed E-state index contributed by atoms with van der Waals surface area (Å²) in [5.74, 6) is 0.797. The van der Waals surface area contributed by atoms with E-state index in [0.717, 1.165) is 51.0 Å². The predicted molar refractivity (Wildman–Crippen MR) is 160 cm³/mol. The number of carbonyl (C=O) groups is 1. The first-order valence-corrected chi connectivity index (χ1v) is 13.5. The number of pyridine rings is 1. The molecule has 8 heteroatoms. The van der Waals surface area contributed by atoms with Crippen LogP contribution in [-0.4, -0.2) is 27.7 Å². The van der Waals surface area contributed by atoms with Crippen LogP contribution in [0.4, 0.5) is 11.4 Å². The maximum absolute atomic E-state index is 12.0. The normalized spacial score (nSPS) is 16.7. The number of rotatable bonds is 7. The number of benzene rings is 2. The highest BCUT2D eigenvalue weighted by Crippen LogP contribution is 2.44. The summed E-state index contributed by atoms with van der Waals surface area (Å²) in [7, 11) is 1.68. The third-order valence-corrected chi connectivity index (χ3v) is 7.60. The second-order valence-electron chi connectivity index (χ2n) is 9.76. The molecule has 0 spiro atoms. The van der Waals surface area contributed by atoms with Crippen LogP contribution < -0.4 is 20.3 Å². The molecule has 1 saturated heterocycles. The number of aromatic nitrogens is 2. The summed E-state index contributed by atoms with van der Waals surface area (Å²) in [6.45, 7) is 8.11. The second kappa shape index (κ2) is 10.9. The summed E-state index contributed by atoms with van der Waals surface area (Å²) in [6, 6.07) is 22.0. The lowest BCUT2D eigenvalue weighted by Crippen LogP contribution is -2.29. The van der Waals surface area contributed by atoms with E-state index < -0.39 is 0 Å². The standard InChI is InChI=1S/C31H33N5O2S/c1-6-28(37)33-26-14-13-23(16-19(26)2)36-30(29(34-31(36)39)27-12-7-8-15-32-27)25-17-20(3)35(21(25)4)22-10-9-11-24(18-22)38-5/h7-18,29-30H,6H2,1-5H3,(H,33,37)(H,34,39)/t29-,30-/m0/s1. The van der Waals surface area contributed by atoms with Crippen molar-refractivity contribution >= 4 is 34.6 Å². The number of ether oxygens (including phenoxy) is 1. The Balaban J connectivity index is 1.63. The van der Waals surface area contributed by atoms with Crippen LogP contribution in [0.3, 0.4) is 0 Å². The molecule has 200 valence electrons. The Hall–Kier alpha value is -4.17. The number of amides is 1. The zero-order chi connectivity index (χ0) is 27.7. The fourth-order valence-electron chi connectivity index (χ4n) is 5.36. The number of anilines is 2. The highest BCUT2D eigenvalue weighted by Gasteiger charge is 2.42. The summed E-state index contributed by atoms with van der Waals surface area (Å²) >= 11 is 5.94. The minimum absolute atomic E-state index is 0.0118. The molecular weight excluding hydrogens is 506 g/mol. The fourth-order valence-corrected chi connectivity index (χ4v) is 5.71. The summed E-state index contributed by atoms with van der Waals surface area (Å²) in [5, 5.41) is 7.17. The molecule has 5 rings (SSSR count). The topological polar surface area (TPSA) is 71.4 Å². The van der Waals surface area contributed by atoms with E-state index in [1.165, 1.54) is 0 Å². The van der Waals surface area contributed by atoms with E-state index in [1.807, 2.05) is 68.6 Å². The molecule has 1 amide bonds. The highest BCUT2D eigenvalue weighted by molar-refractivity contribution is 7.80. The minimum atomic E-state index is -0.155. The van der Waals surface area contributed by atoms with Gasteiger partial charge in [0.25, 0.3) is 0 Å². The van der Waals surface area contributed by atoms with Gasteiger partial charge in [-0.1, -0.05) is 19.1 Å². The molecule has 1 aliphatic rings. The summed E-state index contributed by atoms with van der Waals surface area (Å²) < 4.78 is 7.75. The van der Waals surface area contributed by atoms with E-state index in [1.54, 1.807) is 7.11 Å². The van der Waals surface area contributed by atoms with Gasteiger partial charge in [-0.15, -0.1) is 0 Å². The Bertz CT molecular complexity index is 1530. The summed E-state index contributed by atoms with van der Waals surface area (Å²) in [5.41, 5.74) is 8.07. The molecule has 1 aliphatic heterocycles. The van der Waals surface area contributed by atoms with Crippen LogP contribution in [0.15, 0.2) is 72.9 Å². The number of thiocarbonyl (C=S) groups is 1. The average molecular weight is 540 g/mol. The second-order valence-corrected chi connectivity index (χ2v) is 10.1. The molecule has 0 bridgehead atoms. The van der Waals surface area contributed by atoms with Gasteiger partial charge in [0, 0.05) is 47.1 Å². The van der Waals surface area contributed by atoms with Crippen molar-refractivity contribution in [1.29, 1.82) is 0 Å². The quantitative estimate of drug-likeness (QED) is 0.267. The van der Waals surface area contributed by atoms with Gasteiger partial charge in [0.2, 0.25) is 5.91 Å². The van der Waals surface area contributed by atoms with Crippen molar-refractivity contribution in [2.24, 2.45) is 0 Å². The number of nitrogens with one attached hydrogen (secondary N) is 2. The Morgan fingerprint density at radius 3 is 2.56 bits per heavy atom. The molecule has 0 unspecified atom stereocenters. The average Bonchev–Trinajstić information content (AvgIpc) is 3.44. The van der Waals surface area contributed by atoms with E-state index >= 15 is 0 Å². The molecule has 2 aromatic carbocycles. The number of hydrogen-bond donors (Lipinski definition) is 2. The van der Waals surface area contributed by atoms with Crippen LogP contribution in [0.2, 0.25) is 0 Å². The molecule has 0 aliphatic carbocycles. The predicted octanol–water partition coefficient (Wildman–Crippen LogP) is 6.33. The molecule has 2 atom stereocenters. The smallest absolute Gasteiger partial charge is 0.224 e. The zero-order valence-corrected chi connectivity index (χ0v) is 23.7. The number of carbonyl (C=O) groups excluding carboxylic acids is 1. The first kappa shape index (κ1) is 26.4. The maximum atomic E-state index is 12.0. The van der Waals surface area contributed by atoms with Gasteiger partial charge in [0.1, 0.15) is 5.75 Å². The minimum Gasteiger partial charge on any atom is -0.497 e. The van der Waals surface area contributed by atoms with Crippen molar-refractivity contribution in [3.05, 3.63) is 101 Å². The first-order valence-electron chi connectivity index (χ1n) is 13.1. The van der Waals surface area contributed by atoms with Crippen LogP contribution >= 0.6 is 12.2 Å². The number of methoxy groups -OCH3 is 1. The Labute approximate surface area is 234 Å². The lowest BCUT2D eigenvalue weighted by atomic mass is 9.96. The van der Waals surface area contributed by atoms with Crippen LogP contribution in [0.1, 0.15) is 53.6 Å². The fraction of sp³-hybridized carbons (Fsp3) is 0.258. The van der Waals surface area contributed by atoms with E-state index in [-0.39, 0.29) is 18.0 Å². The van der Waals surface area contributed by atoms with Crippen molar-refractivity contribution in [3.8, 4) is 11.4 Å². The highest BCUT2D eigenvalue weighted by atomic mass is 32.1. The van der Waals surface area contributed by atoms with Crippen LogP contribution in [0, 0.1) is 20.8 Å². The first-order chi connectivity index (χ1) is 18.8. The molecular formula is C31H33N5O2S. The van der Waals surface area contributed by atoms with Crippen LogP contribution in [0.25, 0.3) is 5.69 Å². The molecule has 0 radical (unpaired) electrons. The summed E-state index contributed by atoms with van der Waals surface area (Å²) in [6.07, 6.45) is 2.24. The lowest BCUT2D eigenvalue weighted by Gasteiger charge is -2.29. The SMILES string of the molecule is CCC(=O)Nc1ccc(N2C(=S)N[C@@H](c3ccccn3)[C@@H]2c2cc(C)n(-c3cccc(OC)c3)c2C)cc1C. The van der Waals surface area contributed by atoms with Gasteiger partial charge in [0.05, 0.1) is 24.9 Å². The van der Waals surface area contributed by atoms with Gasteiger partial charge in [-0.25, -0.2) is 0 Å². The van der Waals surface area contributed by atoms with Crippen molar-refractivity contribution in [3.63, 3.8) is 0 Å². The van der Waals surface area contributed by atoms with E-state index in [4.69, 9.17) is 21.9 Å². The van der Waals surface area contributed by atoms with Crippen molar-refractivity contribution in [1.82, 2.24) is 14.9 Å². The van der Waals surface area contributed by atoms with Gasteiger partial charge < -0.3 is 24.8 Å². The monoisotopic (exact) mass is 539 g/mol. The zero-order valence-electron chi connectivity index (χ0n) is 22.9. The van der Waals surface area contributed by atoms with Gasteiger partial charge >= 0.3 is 0 Å². The molecule has 39 heavy (non-hydrogen) atoms. The van der Waals surface area contributed by atoms with E-state index in [9.17, 15) is 4.79 Å². The molecule has 0 saturated carbocycles. The Morgan fingerprint density at radius 2 is 1.87 bits per heavy atom. The largest absolute Gasteiger partial charge is 0.497 e. The molecule has 4 aromatic rings. The third-order valence-electron chi connectivity index (χ3n) is 7.28. The van der Waals surface area contributed by atoms with Gasteiger partial charge in [0.15, 0.2) is 5.11 Å². The molecule has 2 aromatic heterocycles. The van der Waals surface area contributed by atoms with Crippen molar-refractivity contribution in [2.75, 3.05) is 17.3 Å². The Kier molecular flexibility index (Phi) is 7.39. The van der Waals surface area contributed by atoms with Crippen molar-refractivity contribution in [2.45, 2.75) is 46.2 Å². The number of aryl methyl sites for hydroxylation is 2. The van der Waals surface area contributed by atoms with Gasteiger partial charge in [-0.3, -0.25) is 9.78 Å². The van der Waals surface area contributed by atoms with Crippen LogP contribution in [-0.2, 0) is 4.79 Å². The van der Waals surface area contributed by atoms with E-state index in [0.29, 0.717) is 11.5 Å². The molecule has 1 fully saturated rings. The van der Waals surface area contributed by atoms with Crippen molar-refractivity contribution < 1.29 is 9.53 Å². The third kappa shape index (κ3) is 5.00. The maximum Gasteiger partial charge on any atom is 0.224 e.